The summed E-state index contributed by atoms with van der Waals surface area (Å²) in [6, 6.07) is 7.98. The van der Waals surface area contributed by atoms with Gasteiger partial charge in [0.05, 0.1) is 5.69 Å². The molecule has 5 nitrogen and oxygen atoms in total. The lowest BCUT2D eigenvalue weighted by atomic mass is 9.92. The molecule has 1 aromatic carbocycles. The van der Waals surface area contributed by atoms with Crippen LogP contribution in [0.25, 0.3) is 0 Å². The normalized spacial score (nSPS) is 14.1. The number of nitrogens with one attached hydrogen (secondary N) is 2. The molecule has 0 fully saturated rings. The van der Waals surface area contributed by atoms with Crippen LogP contribution in [-0.4, -0.2) is 22.4 Å². The van der Waals surface area contributed by atoms with E-state index in [0.29, 0.717) is 12.5 Å². The Labute approximate surface area is 136 Å². The first-order valence-corrected chi connectivity index (χ1v) is 7.91. The Balaban J connectivity index is 1.74. The maximum absolute atomic E-state index is 11.9. The summed E-state index contributed by atoms with van der Waals surface area (Å²) in [7, 11) is 0. The van der Waals surface area contributed by atoms with Crippen LogP contribution in [0.3, 0.4) is 0 Å². The second-order valence-corrected chi connectivity index (χ2v) is 6.87. The van der Waals surface area contributed by atoms with Crippen LogP contribution in [-0.2, 0) is 18.4 Å². The number of amides is 1. The van der Waals surface area contributed by atoms with Gasteiger partial charge in [-0.3, -0.25) is 4.79 Å². The number of aromatic nitrogens is 2. The minimum absolute atomic E-state index is 0.0106. The molecule has 0 saturated carbocycles. The van der Waals surface area contributed by atoms with E-state index < -0.39 is 0 Å². The summed E-state index contributed by atoms with van der Waals surface area (Å²) in [6.45, 7) is 7.69. The first-order valence-electron chi connectivity index (χ1n) is 7.91. The van der Waals surface area contributed by atoms with Crippen molar-refractivity contribution >= 4 is 11.9 Å². The molecule has 1 aromatic heterocycles. The van der Waals surface area contributed by atoms with Gasteiger partial charge in [-0.2, -0.15) is 0 Å². The van der Waals surface area contributed by atoms with Crippen LogP contribution in [0.15, 0.2) is 30.5 Å². The Bertz CT molecular complexity index is 734. The lowest BCUT2D eigenvalue weighted by Gasteiger charge is -2.19. The zero-order chi connectivity index (χ0) is 16.4. The lowest BCUT2D eigenvalue weighted by Crippen LogP contribution is -2.31. The predicted molar refractivity (Wildman–Crippen MR) is 90.5 cm³/mol. The van der Waals surface area contributed by atoms with Crippen molar-refractivity contribution in [1.82, 2.24) is 15.3 Å². The zero-order valence-corrected chi connectivity index (χ0v) is 13.8. The van der Waals surface area contributed by atoms with E-state index in [1.54, 1.807) is 6.20 Å². The highest BCUT2D eigenvalue weighted by Gasteiger charge is 2.17. The average Bonchev–Trinajstić information content (AvgIpc) is 2.53. The van der Waals surface area contributed by atoms with E-state index in [-0.39, 0.29) is 11.3 Å². The van der Waals surface area contributed by atoms with E-state index in [1.807, 2.05) is 18.2 Å². The van der Waals surface area contributed by atoms with Gasteiger partial charge < -0.3 is 10.6 Å². The van der Waals surface area contributed by atoms with Gasteiger partial charge in [-0.05, 0) is 29.7 Å². The molecule has 2 N–H and O–H groups in total. The molecule has 23 heavy (non-hydrogen) atoms. The van der Waals surface area contributed by atoms with Crippen molar-refractivity contribution in [1.29, 1.82) is 0 Å². The van der Waals surface area contributed by atoms with Gasteiger partial charge in [0.1, 0.15) is 0 Å². The van der Waals surface area contributed by atoms with Crippen LogP contribution < -0.4 is 10.6 Å². The van der Waals surface area contributed by atoms with Gasteiger partial charge in [0.2, 0.25) is 5.95 Å². The molecule has 1 aliphatic heterocycles. The summed E-state index contributed by atoms with van der Waals surface area (Å²) in [5.74, 6) is 0.624. The van der Waals surface area contributed by atoms with E-state index in [4.69, 9.17) is 0 Å². The van der Waals surface area contributed by atoms with Crippen molar-refractivity contribution in [3.63, 3.8) is 0 Å². The number of carbonyl (C=O) groups is 1. The van der Waals surface area contributed by atoms with E-state index in [1.165, 1.54) is 0 Å². The topological polar surface area (TPSA) is 66.9 Å². The SMILES string of the molecule is CC(C)(C)c1ccnc(NCc2ccc3c(c2)C(=O)NCC3)n1. The Hall–Kier alpha value is -2.43. The van der Waals surface area contributed by atoms with E-state index in [2.05, 4.69) is 47.4 Å². The quantitative estimate of drug-likeness (QED) is 0.914. The fourth-order valence-corrected chi connectivity index (χ4v) is 2.61. The molecule has 5 heteroatoms. The van der Waals surface area contributed by atoms with Crippen molar-refractivity contribution in [3.05, 3.63) is 52.8 Å². The molecule has 0 bridgehead atoms. The summed E-state index contributed by atoms with van der Waals surface area (Å²) in [5, 5.41) is 6.12. The third kappa shape index (κ3) is 3.50. The van der Waals surface area contributed by atoms with Gasteiger partial charge in [0.25, 0.3) is 5.91 Å². The monoisotopic (exact) mass is 310 g/mol. The maximum atomic E-state index is 11.9. The first-order chi connectivity index (χ1) is 10.9. The summed E-state index contributed by atoms with van der Waals surface area (Å²) in [4.78, 5) is 20.7. The summed E-state index contributed by atoms with van der Waals surface area (Å²) >= 11 is 0. The van der Waals surface area contributed by atoms with Crippen LogP contribution in [0.5, 0.6) is 0 Å². The number of hydrogen-bond donors (Lipinski definition) is 2. The second-order valence-electron chi connectivity index (χ2n) is 6.87. The average molecular weight is 310 g/mol. The van der Waals surface area contributed by atoms with E-state index in [9.17, 15) is 4.79 Å². The molecule has 120 valence electrons. The molecule has 2 heterocycles. The molecule has 0 radical (unpaired) electrons. The number of anilines is 1. The number of nitrogens with zero attached hydrogens (tertiary/aromatic N) is 2. The summed E-state index contributed by atoms with van der Waals surface area (Å²) < 4.78 is 0. The molecule has 0 aliphatic carbocycles. The van der Waals surface area contributed by atoms with Crippen LogP contribution in [0, 0.1) is 0 Å². The highest BCUT2D eigenvalue weighted by atomic mass is 16.1. The van der Waals surface area contributed by atoms with E-state index in [0.717, 1.165) is 35.3 Å². The van der Waals surface area contributed by atoms with Crippen LogP contribution in [0.4, 0.5) is 5.95 Å². The molecule has 0 atom stereocenters. The molecular weight excluding hydrogens is 288 g/mol. The fraction of sp³-hybridized carbons (Fsp3) is 0.389. The Morgan fingerprint density at radius 2 is 2.09 bits per heavy atom. The maximum Gasteiger partial charge on any atom is 0.251 e. The largest absolute Gasteiger partial charge is 0.352 e. The highest BCUT2D eigenvalue weighted by Crippen LogP contribution is 2.21. The van der Waals surface area contributed by atoms with E-state index >= 15 is 0 Å². The van der Waals surface area contributed by atoms with Gasteiger partial charge in [-0.1, -0.05) is 32.9 Å². The lowest BCUT2D eigenvalue weighted by molar-refractivity contribution is 0.0946. The van der Waals surface area contributed by atoms with Gasteiger partial charge in [0.15, 0.2) is 0 Å². The molecule has 1 aliphatic rings. The molecule has 0 saturated heterocycles. The molecule has 3 rings (SSSR count). The first kappa shape index (κ1) is 15.5. The highest BCUT2D eigenvalue weighted by molar-refractivity contribution is 5.96. The van der Waals surface area contributed by atoms with Gasteiger partial charge >= 0.3 is 0 Å². The van der Waals surface area contributed by atoms with Crippen molar-refractivity contribution in [3.8, 4) is 0 Å². The van der Waals surface area contributed by atoms with Crippen molar-refractivity contribution in [2.75, 3.05) is 11.9 Å². The number of benzene rings is 1. The van der Waals surface area contributed by atoms with Crippen molar-refractivity contribution in [2.45, 2.75) is 39.2 Å². The number of carbonyl (C=O) groups excluding carboxylic acids is 1. The molecular formula is C18H22N4O. The van der Waals surface area contributed by atoms with Crippen LogP contribution in [0.2, 0.25) is 0 Å². The molecule has 2 aromatic rings. The molecule has 0 spiro atoms. The fourth-order valence-electron chi connectivity index (χ4n) is 2.61. The smallest absolute Gasteiger partial charge is 0.251 e. The number of hydrogen-bond acceptors (Lipinski definition) is 4. The van der Waals surface area contributed by atoms with Gasteiger partial charge in [-0.25, -0.2) is 9.97 Å². The second kappa shape index (κ2) is 5.99. The van der Waals surface area contributed by atoms with Crippen LogP contribution >= 0.6 is 0 Å². The predicted octanol–water partition coefficient (Wildman–Crippen LogP) is 2.67. The Kier molecular flexibility index (Phi) is 4.03. The summed E-state index contributed by atoms with van der Waals surface area (Å²) in [5.41, 5.74) is 3.93. The van der Waals surface area contributed by atoms with Crippen molar-refractivity contribution in [2.24, 2.45) is 0 Å². The number of fused-ring (bicyclic) bond motifs is 1. The minimum atomic E-state index is -0.0106. The standard InChI is InChI=1S/C18H22N4O/c1-18(2,3)15-7-9-20-17(22-15)21-11-12-4-5-13-6-8-19-16(23)14(13)10-12/h4-5,7,9-10H,6,8,11H2,1-3H3,(H,19,23)(H,20,21,22). The van der Waals surface area contributed by atoms with Gasteiger partial charge in [0, 0.05) is 30.3 Å². The van der Waals surface area contributed by atoms with Crippen molar-refractivity contribution < 1.29 is 4.79 Å². The zero-order valence-electron chi connectivity index (χ0n) is 13.8. The Morgan fingerprint density at radius 3 is 2.87 bits per heavy atom. The summed E-state index contributed by atoms with van der Waals surface area (Å²) in [6.07, 6.45) is 2.67. The minimum Gasteiger partial charge on any atom is -0.352 e. The van der Waals surface area contributed by atoms with Crippen LogP contribution in [0.1, 0.15) is 48.0 Å². The molecule has 1 amide bonds. The third-order valence-corrected chi connectivity index (χ3v) is 3.97. The third-order valence-electron chi connectivity index (χ3n) is 3.97. The molecule has 0 unspecified atom stereocenters. The Morgan fingerprint density at radius 1 is 1.26 bits per heavy atom. The number of rotatable bonds is 3. The van der Waals surface area contributed by atoms with Gasteiger partial charge in [-0.15, -0.1) is 0 Å².